The molecule has 0 atom stereocenters. The monoisotopic (exact) mass is 254 g/mol. The Kier molecular flexibility index (Phi) is 3.91. The number of rotatable bonds is 3. The molecule has 0 bridgehead atoms. The van der Waals surface area contributed by atoms with Crippen molar-refractivity contribution in [1.29, 1.82) is 0 Å². The summed E-state index contributed by atoms with van der Waals surface area (Å²) in [5.41, 5.74) is 4.57. The Balaban J connectivity index is 2.54. The highest BCUT2D eigenvalue weighted by atomic mass is 16.3. The Labute approximate surface area is 113 Å². The van der Waals surface area contributed by atoms with Crippen LogP contribution in [0.2, 0.25) is 0 Å². The molecule has 2 nitrogen and oxygen atoms in total. The molecule has 0 fully saturated rings. The van der Waals surface area contributed by atoms with Crippen molar-refractivity contribution in [3.8, 4) is 11.5 Å². The quantitative estimate of drug-likeness (QED) is 0.855. The zero-order valence-electron chi connectivity index (χ0n) is 11.2. The summed E-state index contributed by atoms with van der Waals surface area (Å²) in [5, 5.41) is 18.8. The summed E-state index contributed by atoms with van der Waals surface area (Å²) in [7, 11) is 0. The van der Waals surface area contributed by atoms with E-state index in [0.29, 0.717) is 0 Å². The van der Waals surface area contributed by atoms with Crippen LogP contribution in [0.1, 0.15) is 31.4 Å². The summed E-state index contributed by atoms with van der Waals surface area (Å²) in [6.07, 6.45) is 0.955. The van der Waals surface area contributed by atoms with E-state index in [1.807, 2.05) is 24.3 Å². The number of hydrogen-bond acceptors (Lipinski definition) is 2. The first-order chi connectivity index (χ1) is 9.11. The van der Waals surface area contributed by atoms with Gasteiger partial charge in [0, 0.05) is 0 Å². The average Bonchev–Trinajstić information content (AvgIpc) is 2.43. The maximum Gasteiger partial charge on any atom is 0.115 e. The molecular weight excluding hydrogens is 236 g/mol. The van der Waals surface area contributed by atoms with Crippen molar-refractivity contribution in [2.45, 2.75) is 20.3 Å². The summed E-state index contributed by atoms with van der Waals surface area (Å²) >= 11 is 0. The molecular formula is C17H18O2. The third-order valence-corrected chi connectivity index (χ3v) is 3.27. The van der Waals surface area contributed by atoms with Crippen molar-refractivity contribution < 1.29 is 10.2 Å². The number of benzene rings is 2. The molecule has 0 aliphatic heterocycles. The Morgan fingerprint density at radius 3 is 1.47 bits per heavy atom. The zero-order chi connectivity index (χ0) is 13.8. The third-order valence-electron chi connectivity index (χ3n) is 3.27. The molecule has 2 aromatic carbocycles. The summed E-state index contributed by atoms with van der Waals surface area (Å²) in [6.45, 7) is 4.23. The first-order valence-electron chi connectivity index (χ1n) is 6.40. The first-order valence-corrected chi connectivity index (χ1v) is 6.40. The molecule has 98 valence electrons. The van der Waals surface area contributed by atoms with E-state index < -0.39 is 0 Å². The van der Waals surface area contributed by atoms with Gasteiger partial charge in [0.2, 0.25) is 0 Å². The SMILES string of the molecule is CCC(C)=C(c1ccc(O)cc1)c1ccc(O)cc1. The predicted octanol–water partition coefficient (Wildman–Crippen LogP) is 4.33. The number of hydrogen-bond donors (Lipinski definition) is 2. The van der Waals surface area contributed by atoms with Crippen LogP contribution in [0.15, 0.2) is 54.1 Å². The van der Waals surface area contributed by atoms with Crippen molar-refractivity contribution in [1.82, 2.24) is 0 Å². The maximum absolute atomic E-state index is 9.39. The second kappa shape index (κ2) is 5.61. The summed E-state index contributed by atoms with van der Waals surface area (Å²) in [4.78, 5) is 0. The lowest BCUT2D eigenvalue weighted by atomic mass is 9.92. The van der Waals surface area contributed by atoms with Gasteiger partial charge in [-0.1, -0.05) is 36.8 Å². The van der Waals surface area contributed by atoms with Gasteiger partial charge in [-0.15, -0.1) is 0 Å². The minimum atomic E-state index is 0.267. The molecule has 0 aromatic heterocycles. The van der Waals surface area contributed by atoms with E-state index in [2.05, 4.69) is 13.8 Å². The fraction of sp³-hybridized carbons (Fsp3) is 0.176. The highest BCUT2D eigenvalue weighted by Crippen LogP contribution is 2.30. The molecule has 0 saturated carbocycles. The van der Waals surface area contributed by atoms with Gasteiger partial charge in [-0.3, -0.25) is 0 Å². The van der Waals surface area contributed by atoms with Crippen molar-refractivity contribution in [2.24, 2.45) is 0 Å². The van der Waals surface area contributed by atoms with Crippen molar-refractivity contribution >= 4 is 5.57 Å². The van der Waals surface area contributed by atoms with Gasteiger partial charge in [-0.25, -0.2) is 0 Å². The van der Waals surface area contributed by atoms with Crippen LogP contribution < -0.4 is 0 Å². The van der Waals surface area contributed by atoms with Gasteiger partial charge in [-0.2, -0.15) is 0 Å². The van der Waals surface area contributed by atoms with Crippen LogP contribution >= 0.6 is 0 Å². The van der Waals surface area contributed by atoms with Crippen LogP contribution in [-0.4, -0.2) is 10.2 Å². The van der Waals surface area contributed by atoms with E-state index in [9.17, 15) is 10.2 Å². The van der Waals surface area contributed by atoms with Crippen LogP contribution in [0.5, 0.6) is 11.5 Å². The predicted molar refractivity (Wildman–Crippen MR) is 78.2 cm³/mol. The second-order valence-electron chi connectivity index (χ2n) is 4.60. The fourth-order valence-electron chi connectivity index (χ4n) is 2.09. The Morgan fingerprint density at radius 1 is 0.789 bits per heavy atom. The molecule has 2 N–H and O–H groups in total. The van der Waals surface area contributed by atoms with E-state index in [1.54, 1.807) is 24.3 Å². The smallest absolute Gasteiger partial charge is 0.115 e. The molecule has 0 amide bonds. The van der Waals surface area contributed by atoms with Gasteiger partial charge in [-0.05, 0) is 54.3 Å². The molecule has 0 spiro atoms. The Bertz CT molecular complexity index is 530. The number of phenolic OH excluding ortho intramolecular Hbond substituents is 2. The summed E-state index contributed by atoms with van der Waals surface area (Å²) in [5.74, 6) is 0.533. The molecule has 2 rings (SSSR count). The standard InChI is InChI=1S/C17H18O2/c1-3-12(2)17(13-4-8-15(18)9-5-13)14-6-10-16(19)11-7-14/h4-11,18-19H,3H2,1-2H3. The van der Waals surface area contributed by atoms with Crippen LogP contribution in [0.4, 0.5) is 0 Å². The molecule has 0 saturated heterocycles. The molecule has 0 aliphatic carbocycles. The van der Waals surface area contributed by atoms with Gasteiger partial charge >= 0.3 is 0 Å². The third kappa shape index (κ3) is 2.97. The topological polar surface area (TPSA) is 40.5 Å². The molecule has 19 heavy (non-hydrogen) atoms. The highest BCUT2D eigenvalue weighted by molar-refractivity contribution is 5.82. The molecule has 0 unspecified atom stereocenters. The molecule has 0 radical (unpaired) electrons. The Hall–Kier alpha value is -2.22. The number of allylic oxidation sites excluding steroid dienone is 1. The van der Waals surface area contributed by atoms with Crippen LogP contribution in [-0.2, 0) is 0 Å². The molecule has 0 heterocycles. The number of aromatic hydroxyl groups is 2. The highest BCUT2D eigenvalue weighted by Gasteiger charge is 2.08. The Morgan fingerprint density at radius 2 is 1.16 bits per heavy atom. The second-order valence-corrected chi connectivity index (χ2v) is 4.60. The van der Waals surface area contributed by atoms with Gasteiger partial charge < -0.3 is 10.2 Å². The van der Waals surface area contributed by atoms with E-state index in [0.717, 1.165) is 23.1 Å². The van der Waals surface area contributed by atoms with Crippen LogP contribution in [0.3, 0.4) is 0 Å². The lowest BCUT2D eigenvalue weighted by Crippen LogP contribution is -1.91. The number of phenols is 2. The van der Waals surface area contributed by atoms with Crippen molar-refractivity contribution in [2.75, 3.05) is 0 Å². The summed E-state index contributed by atoms with van der Waals surface area (Å²) in [6, 6.07) is 14.4. The van der Waals surface area contributed by atoms with Crippen molar-refractivity contribution in [3.05, 3.63) is 65.2 Å². The largest absolute Gasteiger partial charge is 0.508 e. The summed E-state index contributed by atoms with van der Waals surface area (Å²) < 4.78 is 0. The van der Waals surface area contributed by atoms with E-state index in [1.165, 1.54) is 5.57 Å². The van der Waals surface area contributed by atoms with E-state index >= 15 is 0 Å². The lowest BCUT2D eigenvalue weighted by molar-refractivity contribution is 0.475. The van der Waals surface area contributed by atoms with Gasteiger partial charge in [0.1, 0.15) is 11.5 Å². The molecule has 0 aliphatic rings. The van der Waals surface area contributed by atoms with Crippen LogP contribution in [0.25, 0.3) is 5.57 Å². The fourth-order valence-corrected chi connectivity index (χ4v) is 2.09. The van der Waals surface area contributed by atoms with E-state index in [4.69, 9.17) is 0 Å². The minimum absolute atomic E-state index is 0.267. The van der Waals surface area contributed by atoms with Gasteiger partial charge in [0.05, 0.1) is 0 Å². The van der Waals surface area contributed by atoms with Crippen molar-refractivity contribution in [3.63, 3.8) is 0 Å². The minimum Gasteiger partial charge on any atom is -0.508 e. The van der Waals surface area contributed by atoms with Gasteiger partial charge in [0.25, 0.3) is 0 Å². The van der Waals surface area contributed by atoms with E-state index in [-0.39, 0.29) is 11.5 Å². The maximum atomic E-state index is 9.39. The first kappa shape index (κ1) is 13.2. The van der Waals surface area contributed by atoms with Gasteiger partial charge in [0.15, 0.2) is 0 Å². The van der Waals surface area contributed by atoms with Crippen LogP contribution in [0, 0.1) is 0 Å². The average molecular weight is 254 g/mol. The molecule has 2 aromatic rings. The zero-order valence-corrected chi connectivity index (χ0v) is 11.2. The molecule has 2 heteroatoms. The lowest BCUT2D eigenvalue weighted by Gasteiger charge is -2.13. The normalized spacial score (nSPS) is 10.2.